The standard InChI is InChI=1S/C24H31N3O4/c1-29-22-13-19-7-8-27(16-20(19)14-23(22)30-2)17-24(28)25-21-5-3-18(4-6-21)15-26-9-11-31-12-10-26/h3-6,13-14H,7-12,15-17H2,1-2H3,(H,25,28)/p+2. The maximum atomic E-state index is 12.6. The van der Waals surface area contributed by atoms with Gasteiger partial charge in [0.25, 0.3) is 5.91 Å². The van der Waals surface area contributed by atoms with Gasteiger partial charge in [-0.1, -0.05) is 12.1 Å². The van der Waals surface area contributed by atoms with E-state index in [2.05, 4.69) is 23.5 Å². The fourth-order valence-corrected chi connectivity index (χ4v) is 4.44. The number of hydrogen-bond acceptors (Lipinski definition) is 4. The van der Waals surface area contributed by atoms with Gasteiger partial charge < -0.3 is 29.3 Å². The highest BCUT2D eigenvalue weighted by Gasteiger charge is 2.24. The summed E-state index contributed by atoms with van der Waals surface area (Å²) in [6.07, 6.45) is 0.927. The molecule has 1 fully saturated rings. The third kappa shape index (κ3) is 5.55. The van der Waals surface area contributed by atoms with E-state index in [4.69, 9.17) is 14.2 Å². The van der Waals surface area contributed by atoms with Crippen LogP contribution in [0.25, 0.3) is 0 Å². The minimum atomic E-state index is 0.0467. The van der Waals surface area contributed by atoms with Gasteiger partial charge in [0.1, 0.15) is 26.2 Å². The number of quaternary nitrogens is 2. The summed E-state index contributed by atoms with van der Waals surface area (Å²) in [5, 5.41) is 3.05. The van der Waals surface area contributed by atoms with Crippen molar-refractivity contribution in [1.29, 1.82) is 0 Å². The maximum absolute atomic E-state index is 12.6. The largest absolute Gasteiger partial charge is 0.493 e. The van der Waals surface area contributed by atoms with Gasteiger partial charge in [-0.15, -0.1) is 0 Å². The number of methoxy groups -OCH3 is 2. The molecular formula is C24H33N3O4+2. The Hall–Kier alpha value is -2.61. The lowest BCUT2D eigenvalue weighted by Crippen LogP contribution is -3.12. The Kier molecular flexibility index (Phi) is 7.06. The number of carbonyl (C=O) groups is 1. The van der Waals surface area contributed by atoms with E-state index in [-0.39, 0.29) is 5.91 Å². The van der Waals surface area contributed by atoms with Crippen LogP contribution in [-0.4, -0.2) is 59.5 Å². The van der Waals surface area contributed by atoms with E-state index in [1.807, 2.05) is 18.2 Å². The zero-order chi connectivity index (χ0) is 21.6. The molecule has 7 heteroatoms. The Balaban J connectivity index is 1.30. The molecule has 2 heterocycles. The zero-order valence-corrected chi connectivity index (χ0v) is 18.5. The van der Waals surface area contributed by atoms with E-state index in [1.165, 1.54) is 21.6 Å². The maximum Gasteiger partial charge on any atom is 0.279 e. The van der Waals surface area contributed by atoms with E-state index in [0.29, 0.717) is 6.54 Å². The van der Waals surface area contributed by atoms with Crippen molar-refractivity contribution in [2.75, 3.05) is 58.9 Å². The van der Waals surface area contributed by atoms with Crippen LogP contribution in [0.5, 0.6) is 11.5 Å². The van der Waals surface area contributed by atoms with Gasteiger partial charge in [-0.2, -0.15) is 0 Å². The molecule has 0 saturated carbocycles. The summed E-state index contributed by atoms with van der Waals surface area (Å²) in [5.41, 5.74) is 4.65. The Bertz CT molecular complexity index is 894. The molecule has 7 nitrogen and oxygen atoms in total. The highest BCUT2D eigenvalue weighted by atomic mass is 16.5. The summed E-state index contributed by atoms with van der Waals surface area (Å²) in [6, 6.07) is 12.3. The molecule has 0 radical (unpaired) electrons. The summed E-state index contributed by atoms with van der Waals surface area (Å²) in [7, 11) is 3.31. The van der Waals surface area contributed by atoms with Gasteiger partial charge in [0, 0.05) is 23.2 Å². The fourth-order valence-electron chi connectivity index (χ4n) is 4.44. The van der Waals surface area contributed by atoms with E-state index in [0.717, 1.165) is 69.5 Å². The normalized spacial score (nSPS) is 18.8. The molecule has 0 bridgehead atoms. The Morgan fingerprint density at radius 1 is 0.968 bits per heavy atom. The minimum absolute atomic E-state index is 0.0467. The number of morpholine rings is 1. The van der Waals surface area contributed by atoms with Crippen LogP contribution in [0.4, 0.5) is 5.69 Å². The monoisotopic (exact) mass is 427 g/mol. The Labute approximate surface area is 183 Å². The third-order valence-corrected chi connectivity index (χ3v) is 6.20. The third-order valence-electron chi connectivity index (χ3n) is 6.20. The van der Waals surface area contributed by atoms with E-state index in [1.54, 1.807) is 19.1 Å². The highest BCUT2D eigenvalue weighted by Crippen LogP contribution is 2.31. The highest BCUT2D eigenvalue weighted by molar-refractivity contribution is 5.91. The SMILES string of the molecule is COc1cc2c(cc1OC)C[NH+](CC(=O)Nc1ccc(C[NH+]3CCOCC3)cc1)CC2. The van der Waals surface area contributed by atoms with Crippen molar-refractivity contribution < 1.29 is 28.8 Å². The number of rotatable bonds is 7. The van der Waals surface area contributed by atoms with Gasteiger partial charge in [-0.3, -0.25) is 4.79 Å². The van der Waals surface area contributed by atoms with Crippen molar-refractivity contribution in [1.82, 2.24) is 0 Å². The van der Waals surface area contributed by atoms with Gasteiger partial charge in [0.05, 0.1) is 34.0 Å². The van der Waals surface area contributed by atoms with Crippen molar-refractivity contribution in [2.45, 2.75) is 19.5 Å². The van der Waals surface area contributed by atoms with Crippen LogP contribution < -0.4 is 24.6 Å². The molecule has 0 spiro atoms. The van der Waals surface area contributed by atoms with Gasteiger partial charge in [0.15, 0.2) is 18.0 Å². The summed E-state index contributed by atoms with van der Waals surface area (Å²) in [6.45, 7) is 6.98. The van der Waals surface area contributed by atoms with Gasteiger partial charge in [-0.05, 0) is 29.8 Å². The van der Waals surface area contributed by atoms with Gasteiger partial charge >= 0.3 is 0 Å². The summed E-state index contributed by atoms with van der Waals surface area (Å²) < 4.78 is 16.3. The van der Waals surface area contributed by atoms with Crippen LogP contribution in [0.2, 0.25) is 0 Å². The fraction of sp³-hybridized carbons (Fsp3) is 0.458. The molecule has 1 saturated heterocycles. The number of nitrogens with one attached hydrogen (secondary N) is 3. The number of carbonyl (C=O) groups excluding carboxylic acids is 1. The number of benzene rings is 2. The smallest absolute Gasteiger partial charge is 0.279 e. The number of amides is 1. The van der Waals surface area contributed by atoms with E-state index < -0.39 is 0 Å². The number of fused-ring (bicyclic) bond motifs is 1. The molecule has 0 aromatic heterocycles. The van der Waals surface area contributed by atoms with Crippen molar-refractivity contribution in [3.8, 4) is 11.5 Å². The van der Waals surface area contributed by atoms with Crippen molar-refractivity contribution in [3.05, 3.63) is 53.1 Å². The first-order valence-corrected chi connectivity index (χ1v) is 11.0. The second-order valence-electron chi connectivity index (χ2n) is 8.36. The summed E-state index contributed by atoms with van der Waals surface area (Å²) in [5.74, 6) is 1.55. The van der Waals surface area contributed by atoms with Gasteiger partial charge in [-0.25, -0.2) is 0 Å². The molecule has 31 heavy (non-hydrogen) atoms. The molecule has 2 aromatic rings. The van der Waals surface area contributed by atoms with Crippen LogP contribution in [-0.2, 0) is 29.0 Å². The first-order chi connectivity index (χ1) is 15.1. The molecule has 1 atom stereocenters. The first-order valence-electron chi connectivity index (χ1n) is 11.0. The predicted octanol–water partition coefficient (Wildman–Crippen LogP) is -0.301. The number of hydrogen-bond donors (Lipinski definition) is 3. The average Bonchev–Trinajstić information content (AvgIpc) is 2.80. The molecule has 3 N–H and O–H groups in total. The number of ether oxygens (including phenoxy) is 3. The molecule has 0 aliphatic carbocycles. The first kappa shape index (κ1) is 21.6. The quantitative estimate of drug-likeness (QED) is 0.568. The van der Waals surface area contributed by atoms with E-state index >= 15 is 0 Å². The van der Waals surface area contributed by atoms with Crippen LogP contribution in [0.15, 0.2) is 36.4 Å². The van der Waals surface area contributed by atoms with Crippen LogP contribution >= 0.6 is 0 Å². The lowest BCUT2D eigenvalue weighted by Gasteiger charge is -2.26. The predicted molar refractivity (Wildman–Crippen MR) is 118 cm³/mol. The second-order valence-corrected chi connectivity index (χ2v) is 8.36. The molecule has 2 aliphatic heterocycles. The van der Waals surface area contributed by atoms with Crippen molar-refractivity contribution >= 4 is 11.6 Å². The van der Waals surface area contributed by atoms with Crippen molar-refractivity contribution in [2.24, 2.45) is 0 Å². The summed E-state index contributed by atoms with van der Waals surface area (Å²) >= 11 is 0. The molecule has 1 amide bonds. The Morgan fingerprint density at radius 3 is 2.32 bits per heavy atom. The Morgan fingerprint density at radius 2 is 1.65 bits per heavy atom. The average molecular weight is 428 g/mol. The van der Waals surface area contributed by atoms with Gasteiger partial charge in [0.2, 0.25) is 0 Å². The molecule has 4 rings (SSSR count). The minimum Gasteiger partial charge on any atom is -0.493 e. The van der Waals surface area contributed by atoms with Crippen LogP contribution in [0.3, 0.4) is 0 Å². The molecule has 166 valence electrons. The number of anilines is 1. The topological polar surface area (TPSA) is 65.7 Å². The molecule has 2 aliphatic rings. The van der Waals surface area contributed by atoms with E-state index in [9.17, 15) is 4.79 Å². The van der Waals surface area contributed by atoms with Crippen LogP contribution in [0.1, 0.15) is 16.7 Å². The lowest BCUT2D eigenvalue weighted by atomic mass is 9.99. The lowest BCUT2D eigenvalue weighted by molar-refractivity contribution is -0.921. The second kappa shape index (κ2) is 10.1. The molecule has 1 unspecified atom stereocenters. The molecular weight excluding hydrogens is 394 g/mol. The zero-order valence-electron chi connectivity index (χ0n) is 18.5. The van der Waals surface area contributed by atoms with Crippen molar-refractivity contribution in [3.63, 3.8) is 0 Å². The summed E-state index contributed by atoms with van der Waals surface area (Å²) in [4.78, 5) is 15.4. The van der Waals surface area contributed by atoms with Crippen LogP contribution in [0, 0.1) is 0 Å². The molecule has 2 aromatic carbocycles.